The lowest BCUT2D eigenvalue weighted by Crippen LogP contribution is -2.31. The Hall–Kier alpha value is -1.96. The van der Waals surface area contributed by atoms with Crippen molar-refractivity contribution >= 4 is 23.1 Å². The monoisotopic (exact) mass is 361 g/mol. The van der Waals surface area contributed by atoms with Crippen LogP contribution in [0.25, 0.3) is 10.6 Å². The van der Waals surface area contributed by atoms with Crippen LogP contribution in [0.5, 0.6) is 0 Å². The second-order valence-corrected chi connectivity index (χ2v) is 6.94. The van der Waals surface area contributed by atoms with Gasteiger partial charge in [-0.05, 0) is 44.0 Å². The van der Waals surface area contributed by atoms with E-state index in [-0.39, 0.29) is 6.61 Å². The van der Waals surface area contributed by atoms with E-state index in [9.17, 15) is 4.79 Å². The molecule has 0 bridgehead atoms. The number of hydrogen-bond donors (Lipinski definition) is 3. The number of anilines is 1. The summed E-state index contributed by atoms with van der Waals surface area (Å²) < 4.78 is 5.39. The van der Waals surface area contributed by atoms with Crippen molar-refractivity contribution in [1.82, 2.24) is 10.3 Å². The van der Waals surface area contributed by atoms with Gasteiger partial charge in [0.2, 0.25) is 0 Å². The maximum Gasteiger partial charge on any atom is 0.411 e. The Morgan fingerprint density at radius 1 is 1.36 bits per heavy atom. The quantitative estimate of drug-likeness (QED) is 0.737. The first-order valence-corrected chi connectivity index (χ1v) is 9.43. The van der Waals surface area contributed by atoms with Crippen LogP contribution in [0.4, 0.5) is 10.5 Å². The predicted molar refractivity (Wildman–Crippen MR) is 98.9 cm³/mol. The first-order valence-electron chi connectivity index (χ1n) is 8.55. The number of carbonyl (C=O) groups excluding carboxylic acids is 1. The lowest BCUT2D eigenvalue weighted by molar-refractivity contribution is 0.131. The van der Waals surface area contributed by atoms with Gasteiger partial charge < -0.3 is 15.2 Å². The van der Waals surface area contributed by atoms with E-state index < -0.39 is 6.09 Å². The molecule has 2 aromatic rings. The molecular formula is C18H23N3O3S. The van der Waals surface area contributed by atoms with Crippen LogP contribution >= 0.6 is 11.3 Å². The van der Waals surface area contributed by atoms with Gasteiger partial charge in [-0.1, -0.05) is 12.1 Å². The molecule has 1 aliphatic heterocycles. The minimum absolute atomic E-state index is 0.0755. The summed E-state index contributed by atoms with van der Waals surface area (Å²) in [5.74, 6) is 0.433. The van der Waals surface area contributed by atoms with E-state index in [1.165, 1.54) is 11.3 Å². The third kappa shape index (κ3) is 5.01. The molecule has 0 unspecified atom stereocenters. The molecule has 3 rings (SSSR count). The fourth-order valence-electron chi connectivity index (χ4n) is 2.83. The van der Waals surface area contributed by atoms with Crippen LogP contribution in [-0.2, 0) is 11.2 Å². The number of ether oxygens (including phenoxy) is 1. The molecule has 1 aromatic heterocycles. The molecule has 134 valence electrons. The smallest absolute Gasteiger partial charge is 0.411 e. The number of aliphatic hydroxyl groups excluding tert-OH is 1. The van der Waals surface area contributed by atoms with Crippen molar-refractivity contribution in [2.45, 2.75) is 19.3 Å². The zero-order chi connectivity index (χ0) is 17.5. The summed E-state index contributed by atoms with van der Waals surface area (Å²) in [5.41, 5.74) is 2.39. The molecule has 1 saturated heterocycles. The normalized spacial score (nSPS) is 15.1. The Labute approximate surface area is 151 Å². The molecule has 1 fully saturated rings. The average molecular weight is 361 g/mol. The van der Waals surface area contributed by atoms with Gasteiger partial charge in [-0.15, -0.1) is 11.3 Å². The third-order valence-corrected chi connectivity index (χ3v) is 5.15. The van der Waals surface area contributed by atoms with Gasteiger partial charge in [-0.25, -0.2) is 9.78 Å². The Bertz CT molecular complexity index is 698. The molecule has 0 aliphatic carbocycles. The van der Waals surface area contributed by atoms with Crippen molar-refractivity contribution < 1.29 is 14.6 Å². The molecule has 3 N–H and O–H groups in total. The number of rotatable bonds is 6. The van der Waals surface area contributed by atoms with Gasteiger partial charge >= 0.3 is 6.09 Å². The van der Waals surface area contributed by atoms with Crippen molar-refractivity contribution in [2.24, 2.45) is 5.92 Å². The number of hydrogen-bond acceptors (Lipinski definition) is 6. The number of aromatic nitrogens is 1. The summed E-state index contributed by atoms with van der Waals surface area (Å²) in [6.07, 6.45) is 2.18. The van der Waals surface area contributed by atoms with E-state index in [2.05, 4.69) is 15.6 Å². The predicted octanol–water partition coefficient (Wildman–Crippen LogP) is 2.89. The van der Waals surface area contributed by atoms with Crippen LogP contribution in [0.3, 0.4) is 0 Å². The lowest BCUT2D eigenvalue weighted by atomic mass is 9.99. The standard InChI is InChI=1S/C18H23N3O3S/c22-10-7-14-12-25-17(20-14)15-3-1-2-4-16(15)21-18(23)24-11-13-5-8-19-9-6-13/h1-4,12-13,19,22H,5-11H2,(H,21,23). The zero-order valence-electron chi connectivity index (χ0n) is 14.0. The van der Waals surface area contributed by atoms with E-state index >= 15 is 0 Å². The Balaban J connectivity index is 1.62. The molecule has 25 heavy (non-hydrogen) atoms. The number of benzene rings is 1. The van der Waals surface area contributed by atoms with Crippen LogP contribution in [-0.4, -0.2) is 42.5 Å². The molecule has 1 aliphatic rings. The fourth-order valence-corrected chi connectivity index (χ4v) is 3.72. The van der Waals surface area contributed by atoms with Crippen molar-refractivity contribution in [3.05, 3.63) is 35.3 Å². The number of amides is 1. The highest BCUT2D eigenvalue weighted by Gasteiger charge is 2.16. The van der Waals surface area contributed by atoms with Gasteiger partial charge in [0, 0.05) is 24.0 Å². The maximum atomic E-state index is 12.1. The van der Waals surface area contributed by atoms with Gasteiger partial charge in [0.15, 0.2) is 0 Å². The summed E-state index contributed by atoms with van der Waals surface area (Å²) in [4.78, 5) is 16.7. The molecule has 0 radical (unpaired) electrons. The minimum Gasteiger partial charge on any atom is -0.449 e. The minimum atomic E-state index is -0.432. The highest BCUT2D eigenvalue weighted by Crippen LogP contribution is 2.30. The molecule has 0 atom stereocenters. The number of carbonyl (C=O) groups is 1. The third-order valence-electron chi connectivity index (χ3n) is 4.22. The number of nitrogens with one attached hydrogen (secondary N) is 2. The van der Waals surface area contributed by atoms with Crippen LogP contribution < -0.4 is 10.6 Å². The number of nitrogens with zero attached hydrogens (tertiary/aromatic N) is 1. The highest BCUT2D eigenvalue weighted by molar-refractivity contribution is 7.13. The summed E-state index contributed by atoms with van der Waals surface area (Å²) in [7, 11) is 0. The van der Waals surface area contributed by atoms with Gasteiger partial charge in [-0.3, -0.25) is 5.32 Å². The average Bonchev–Trinajstić information content (AvgIpc) is 3.10. The Morgan fingerprint density at radius 3 is 2.96 bits per heavy atom. The largest absolute Gasteiger partial charge is 0.449 e. The summed E-state index contributed by atoms with van der Waals surface area (Å²) in [5, 5.41) is 17.9. The molecule has 2 heterocycles. The first-order chi connectivity index (χ1) is 12.3. The molecule has 1 aromatic carbocycles. The van der Waals surface area contributed by atoms with Gasteiger partial charge in [0.1, 0.15) is 5.01 Å². The molecule has 0 spiro atoms. The molecule has 0 saturated carbocycles. The topological polar surface area (TPSA) is 83.5 Å². The van der Waals surface area contributed by atoms with E-state index in [0.717, 1.165) is 42.2 Å². The maximum absolute atomic E-state index is 12.1. The molecule has 7 heteroatoms. The van der Waals surface area contributed by atoms with Crippen LogP contribution in [0.15, 0.2) is 29.6 Å². The molecular weight excluding hydrogens is 338 g/mol. The summed E-state index contributed by atoms with van der Waals surface area (Å²) in [6.45, 7) is 2.50. The number of aliphatic hydroxyl groups is 1. The number of thiazole rings is 1. The number of piperidine rings is 1. The van der Waals surface area contributed by atoms with E-state index in [1.54, 1.807) is 0 Å². The van der Waals surface area contributed by atoms with Crippen LogP contribution in [0, 0.1) is 5.92 Å². The SMILES string of the molecule is O=C(Nc1ccccc1-c1nc(CCO)cs1)OCC1CCNCC1. The fraction of sp³-hybridized carbons (Fsp3) is 0.444. The zero-order valence-corrected chi connectivity index (χ0v) is 14.8. The van der Waals surface area contributed by atoms with Crippen LogP contribution in [0.2, 0.25) is 0 Å². The van der Waals surface area contributed by atoms with E-state index in [4.69, 9.17) is 9.84 Å². The highest BCUT2D eigenvalue weighted by atomic mass is 32.1. The second kappa shape index (κ2) is 8.94. The van der Waals surface area contributed by atoms with Gasteiger partial charge in [0.05, 0.1) is 18.0 Å². The van der Waals surface area contributed by atoms with E-state index in [1.807, 2.05) is 29.6 Å². The van der Waals surface area contributed by atoms with Crippen molar-refractivity contribution in [1.29, 1.82) is 0 Å². The number of para-hydroxylation sites is 1. The van der Waals surface area contributed by atoms with Crippen molar-refractivity contribution in [3.8, 4) is 10.6 Å². The summed E-state index contributed by atoms with van der Waals surface area (Å²) >= 11 is 1.50. The molecule has 6 nitrogen and oxygen atoms in total. The summed E-state index contributed by atoms with van der Waals surface area (Å²) in [6, 6.07) is 7.54. The first kappa shape index (κ1) is 17.8. The Morgan fingerprint density at radius 2 is 2.16 bits per heavy atom. The Kier molecular flexibility index (Phi) is 6.38. The molecule has 1 amide bonds. The van der Waals surface area contributed by atoms with Crippen molar-refractivity contribution in [3.63, 3.8) is 0 Å². The van der Waals surface area contributed by atoms with E-state index in [0.29, 0.717) is 24.6 Å². The second-order valence-electron chi connectivity index (χ2n) is 6.08. The van der Waals surface area contributed by atoms with Gasteiger partial charge in [0.25, 0.3) is 0 Å². The van der Waals surface area contributed by atoms with Crippen molar-refractivity contribution in [2.75, 3.05) is 31.6 Å². The van der Waals surface area contributed by atoms with Gasteiger partial charge in [-0.2, -0.15) is 0 Å². The van der Waals surface area contributed by atoms with Crippen LogP contribution in [0.1, 0.15) is 18.5 Å². The lowest BCUT2D eigenvalue weighted by Gasteiger charge is -2.22.